The maximum atomic E-state index is 13.2. The largest absolute Gasteiger partial charge is 0.460 e. The van der Waals surface area contributed by atoms with E-state index < -0.39 is 10.0 Å². The highest BCUT2D eigenvalue weighted by atomic mass is 32.2. The molecular formula is C24H23NO3S. The second kappa shape index (κ2) is 6.63. The molecule has 0 bridgehead atoms. The average Bonchev–Trinajstić information content (AvgIpc) is 3.06. The summed E-state index contributed by atoms with van der Waals surface area (Å²) in [6.07, 6.45) is 4.20. The summed E-state index contributed by atoms with van der Waals surface area (Å²) in [6, 6.07) is 15.2. The van der Waals surface area contributed by atoms with E-state index >= 15 is 0 Å². The molecule has 0 atom stereocenters. The van der Waals surface area contributed by atoms with Crippen molar-refractivity contribution in [1.82, 2.24) is 0 Å². The minimum atomic E-state index is -3.71. The van der Waals surface area contributed by atoms with Crippen LogP contribution in [0.15, 0.2) is 57.8 Å². The fourth-order valence-corrected chi connectivity index (χ4v) is 5.76. The zero-order valence-corrected chi connectivity index (χ0v) is 17.4. The molecule has 4 aromatic rings. The summed E-state index contributed by atoms with van der Waals surface area (Å²) in [5.41, 5.74) is 4.47. The van der Waals surface area contributed by atoms with E-state index in [0.29, 0.717) is 10.6 Å². The van der Waals surface area contributed by atoms with Gasteiger partial charge in [-0.2, -0.15) is 0 Å². The summed E-state index contributed by atoms with van der Waals surface area (Å²) in [5, 5.41) is 2.81. The minimum absolute atomic E-state index is 0.307. The van der Waals surface area contributed by atoms with E-state index in [4.69, 9.17) is 4.42 Å². The quantitative estimate of drug-likeness (QED) is 0.463. The molecule has 1 aliphatic rings. The standard InChI is InChI=1S/C24H23NO3S/c1-15-11-12-23(16(2)13-15)29(26,27)25-21-14-20-18-8-5-6-10-22(18)28-24(20)19-9-4-3-7-17(19)21/h3-4,7,9,11-14,25H,5-6,8,10H2,1-2H3. The van der Waals surface area contributed by atoms with Crippen LogP contribution in [0.25, 0.3) is 21.7 Å². The Labute approximate surface area is 170 Å². The maximum Gasteiger partial charge on any atom is 0.262 e. The molecule has 1 N–H and O–H groups in total. The predicted octanol–water partition coefficient (Wildman–Crippen LogP) is 5.88. The molecule has 0 saturated heterocycles. The summed E-state index contributed by atoms with van der Waals surface area (Å²) in [6.45, 7) is 3.79. The van der Waals surface area contributed by atoms with Gasteiger partial charge in [0.05, 0.1) is 10.6 Å². The first-order valence-corrected chi connectivity index (χ1v) is 11.5. The highest BCUT2D eigenvalue weighted by molar-refractivity contribution is 7.92. The van der Waals surface area contributed by atoms with Crippen molar-refractivity contribution >= 4 is 37.5 Å². The van der Waals surface area contributed by atoms with Gasteiger partial charge in [-0.05, 0) is 50.8 Å². The number of sulfonamides is 1. The van der Waals surface area contributed by atoms with Crippen molar-refractivity contribution in [3.8, 4) is 0 Å². The highest BCUT2D eigenvalue weighted by Gasteiger charge is 2.23. The van der Waals surface area contributed by atoms with E-state index in [2.05, 4.69) is 4.72 Å². The van der Waals surface area contributed by atoms with Crippen LogP contribution in [0.5, 0.6) is 0 Å². The molecule has 1 heterocycles. The normalized spacial score (nSPS) is 14.3. The lowest BCUT2D eigenvalue weighted by Crippen LogP contribution is -2.14. The van der Waals surface area contributed by atoms with Crippen molar-refractivity contribution < 1.29 is 12.8 Å². The van der Waals surface area contributed by atoms with Crippen molar-refractivity contribution in [2.24, 2.45) is 0 Å². The van der Waals surface area contributed by atoms with Gasteiger partial charge in [-0.1, -0.05) is 42.0 Å². The van der Waals surface area contributed by atoms with Crippen LogP contribution < -0.4 is 4.72 Å². The molecule has 0 radical (unpaired) electrons. The molecule has 148 valence electrons. The molecule has 0 spiro atoms. The molecule has 0 amide bonds. The van der Waals surface area contributed by atoms with E-state index in [-0.39, 0.29) is 0 Å². The van der Waals surface area contributed by atoms with Crippen LogP contribution in [0.3, 0.4) is 0 Å². The lowest BCUT2D eigenvalue weighted by Gasteiger charge is -2.14. The van der Waals surface area contributed by atoms with E-state index in [0.717, 1.165) is 64.3 Å². The van der Waals surface area contributed by atoms with Gasteiger partial charge in [0.15, 0.2) is 0 Å². The average molecular weight is 406 g/mol. The van der Waals surface area contributed by atoms with Gasteiger partial charge in [0.1, 0.15) is 11.3 Å². The first-order valence-electron chi connectivity index (χ1n) is 10.00. The molecule has 29 heavy (non-hydrogen) atoms. The molecule has 1 aliphatic carbocycles. The molecule has 0 aliphatic heterocycles. The molecule has 1 aromatic heterocycles. The van der Waals surface area contributed by atoms with Gasteiger partial charge >= 0.3 is 0 Å². The van der Waals surface area contributed by atoms with Gasteiger partial charge in [0, 0.05) is 28.1 Å². The zero-order valence-electron chi connectivity index (χ0n) is 16.6. The number of nitrogens with one attached hydrogen (secondary N) is 1. The van der Waals surface area contributed by atoms with Crippen molar-refractivity contribution in [2.75, 3.05) is 4.72 Å². The Bertz CT molecular complexity index is 1370. The SMILES string of the molecule is Cc1ccc(S(=O)(=O)Nc2cc3c4c(oc3c3ccccc23)CCCC4)c(C)c1. The van der Waals surface area contributed by atoms with Gasteiger partial charge in [-0.15, -0.1) is 0 Å². The Hall–Kier alpha value is -2.79. The van der Waals surface area contributed by atoms with Crippen LogP contribution in [0.2, 0.25) is 0 Å². The third-order valence-electron chi connectivity index (χ3n) is 5.83. The number of furan rings is 1. The molecule has 5 heteroatoms. The summed E-state index contributed by atoms with van der Waals surface area (Å²) >= 11 is 0. The Kier molecular flexibility index (Phi) is 4.17. The number of hydrogen-bond donors (Lipinski definition) is 1. The summed E-state index contributed by atoms with van der Waals surface area (Å²) in [4.78, 5) is 0.307. The maximum absolute atomic E-state index is 13.2. The van der Waals surface area contributed by atoms with Gasteiger partial charge in [0.25, 0.3) is 10.0 Å². The first kappa shape index (κ1) is 18.3. The Morgan fingerprint density at radius 1 is 0.897 bits per heavy atom. The van der Waals surface area contributed by atoms with Gasteiger partial charge in [0.2, 0.25) is 0 Å². The first-order chi connectivity index (χ1) is 13.9. The molecule has 3 aromatic carbocycles. The molecule has 0 fully saturated rings. The summed E-state index contributed by atoms with van der Waals surface area (Å²) < 4.78 is 35.5. The van der Waals surface area contributed by atoms with Crippen LogP contribution in [0, 0.1) is 13.8 Å². The monoisotopic (exact) mass is 405 g/mol. The molecule has 0 saturated carbocycles. The smallest absolute Gasteiger partial charge is 0.262 e. The van der Waals surface area contributed by atoms with E-state index in [1.54, 1.807) is 6.07 Å². The summed E-state index contributed by atoms with van der Waals surface area (Å²) in [5.74, 6) is 1.05. The number of benzene rings is 3. The lowest BCUT2D eigenvalue weighted by atomic mass is 9.94. The second-order valence-electron chi connectivity index (χ2n) is 7.93. The van der Waals surface area contributed by atoms with Crippen LogP contribution in [-0.2, 0) is 22.9 Å². The van der Waals surface area contributed by atoms with E-state index in [9.17, 15) is 8.42 Å². The minimum Gasteiger partial charge on any atom is -0.460 e. The molecule has 0 unspecified atom stereocenters. The van der Waals surface area contributed by atoms with E-state index in [1.165, 1.54) is 5.56 Å². The predicted molar refractivity (Wildman–Crippen MR) is 117 cm³/mol. The third kappa shape index (κ3) is 3.01. The van der Waals surface area contributed by atoms with Crippen molar-refractivity contribution in [2.45, 2.75) is 44.4 Å². The van der Waals surface area contributed by atoms with Gasteiger partial charge in [-0.3, -0.25) is 4.72 Å². The van der Waals surface area contributed by atoms with Gasteiger partial charge < -0.3 is 4.42 Å². The fraction of sp³-hybridized carbons (Fsp3) is 0.250. The lowest BCUT2D eigenvalue weighted by molar-refractivity contribution is 0.507. The topological polar surface area (TPSA) is 59.3 Å². The van der Waals surface area contributed by atoms with Crippen LogP contribution >= 0.6 is 0 Å². The molecule has 5 rings (SSSR count). The van der Waals surface area contributed by atoms with E-state index in [1.807, 2.05) is 56.3 Å². The Morgan fingerprint density at radius 2 is 1.66 bits per heavy atom. The number of hydrogen-bond acceptors (Lipinski definition) is 3. The fourth-order valence-electron chi connectivity index (χ4n) is 4.47. The van der Waals surface area contributed by atoms with Crippen LogP contribution in [0.4, 0.5) is 5.69 Å². The van der Waals surface area contributed by atoms with Crippen molar-refractivity contribution in [3.63, 3.8) is 0 Å². The van der Waals surface area contributed by atoms with Gasteiger partial charge in [-0.25, -0.2) is 8.42 Å². The number of aryl methyl sites for hydroxylation is 4. The highest BCUT2D eigenvalue weighted by Crippen LogP contribution is 2.40. The van der Waals surface area contributed by atoms with Crippen LogP contribution in [0.1, 0.15) is 35.3 Å². The third-order valence-corrected chi connectivity index (χ3v) is 7.35. The molecular weight excluding hydrogens is 382 g/mol. The second-order valence-corrected chi connectivity index (χ2v) is 9.58. The zero-order chi connectivity index (χ0) is 20.2. The van der Waals surface area contributed by atoms with Crippen molar-refractivity contribution in [1.29, 1.82) is 0 Å². The van der Waals surface area contributed by atoms with Crippen LogP contribution in [-0.4, -0.2) is 8.42 Å². The number of anilines is 1. The van der Waals surface area contributed by atoms with Crippen molar-refractivity contribution in [3.05, 3.63) is 71.0 Å². The Morgan fingerprint density at radius 3 is 2.45 bits per heavy atom. The number of fused-ring (bicyclic) bond motifs is 5. The summed E-state index contributed by atoms with van der Waals surface area (Å²) in [7, 11) is -3.71. The Balaban J connectivity index is 1.71. The molecule has 4 nitrogen and oxygen atoms in total. The number of rotatable bonds is 3.